The van der Waals surface area contributed by atoms with E-state index in [2.05, 4.69) is 5.32 Å². The van der Waals surface area contributed by atoms with Gasteiger partial charge in [-0.25, -0.2) is 0 Å². The van der Waals surface area contributed by atoms with Gasteiger partial charge >= 0.3 is 0 Å². The van der Waals surface area contributed by atoms with Crippen LogP contribution in [0.2, 0.25) is 0 Å². The van der Waals surface area contributed by atoms with Gasteiger partial charge in [0.25, 0.3) is 0 Å². The third kappa shape index (κ3) is 6.49. The molecule has 0 fully saturated rings. The standard InChI is InChI=1S/C28H33N5O3/c1-33(27(29)30)18-8-17-28(31,26(36)32-19-20-13-15-23(34)16-14-20)25(35)24(21-9-4-2-5-10-21)22-11-6-3-7-12-22/h2-7,9-16,24,34H,8,17-19,31H2,1H3,(H3,29,30)(H,32,36)/t28-/m1/s1. The summed E-state index contributed by atoms with van der Waals surface area (Å²) in [7, 11) is 1.67. The normalized spacial score (nSPS) is 12.5. The van der Waals surface area contributed by atoms with Gasteiger partial charge in [0.15, 0.2) is 17.3 Å². The molecule has 0 aliphatic carbocycles. The van der Waals surface area contributed by atoms with Gasteiger partial charge in [-0.2, -0.15) is 0 Å². The molecule has 0 spiro atoms. The smallest absolute Gasteiger partial charge is 0.248 e. The number of hydrogen-bond donors (Lipinski definition) is 5. The second kappa shape index (κ2) is 12.0. The minimum absolute atomic E-state index is 0.0705. The van der Waals surface area contributed by atoms with Gasteiger partial charge in [-0.3, -0.25) is 15.0 Å². The number of carbonyl (C=O) groups excluding carboxylic acids is 2. The van der Waals surface area contributed by atoms with Gasteiger partial charge in [-0.15, -0.1) is 0 Å². The Morgan fingerprint density at radius 3 is 2.00 bits per heavy atom. The van der Waals surface area contributed by atoms with Crippen LogP contribution in [0.5, 0.6) is 5.75 Å². The van der Waals surface area contributed by atoms with Crippen molar-refractivity contribution in [2.24, 2.45) is 11.5 Å². The molecule has 0 aliphatic heterocycles. The fourth-order valence-electron chi connectivity index (χ4n) is 4.06. The largest absolute Gasteiger partial charge is 0.508 e. The predicted molar refractivity (Wildman–Crippen MR) is 140 cm³/mol. The van der Waals surface area contributed by atoms with E-state index in [1.54, 1.807) is 19.2 Å². The molecule has 0 unspecified atom stereocenters. The zero-order chi connectivity index (χ0) is 26.1. The second-order valence-electron chi connectivity index (χ2n) is 8.85. The first kappa shape index (κ1) is 26.4. The van der Waals surface area contributed by atoms with Crippen molar-refractivity contribution in [3.05, 3.63) is 102 Å². The number of Topliss-reactive ketones (excluding diaryl/α,β-unsaturated/α-hetero) is 1. The number of nitrogens with two attached hydrogens (primary N) is 2. The average Bonchev–Trinajstić information content (AvgIpc) is 2.89. The first-order valence-electron chi connectivity index (χ1n) is 11.8. The summed E-state index contributed by atoms with van der Waals surface area (Å²) >= 11 is 0. The van der Waals surface area contributed by atoms with Crippen LogP contribution in [-0.4, -0.2) is 46.8 Å². The van der Waals surface area contributed by atoms with E-state index in [0.29, 0.717) is 13.0 Å². The number of aromatic hydroxyl groups is 1. The van der Waals surface area contributed by atoms with Gasteiger partial charge in [0.1, 0.15) is 5.75 Å². The molecule has 0 aliphatic rings. The van der Waals surface area contributed by atoms with Gasteiger partial charge in [-0.05, 0) is 41.7 Å². The van der Waals surface area contributed by atoms with Crippen molar-refractivity contribution in [3.63, 3.8) is 0 Å². The van der Waals surface area contributed by atoms with Crippen LogP contribution in [0.4, 0.5) is 0 Å². The van der Waals surface area contributed by atoms with E-state index in [-0.39, 0.29) is 24.7 Å². The third-order valence-electron chi connectivity index (χ3n) is 6.24. The highest BCUT2D eigenvalue weighted by Gasteiger charge is 2.45. The third-order valence-corrected chi connectivity index (χ3v) is 6.24. The molecule has 188 valence electrons. The molecule has 0 saturated heterocycles. The van der Waals surface area contributed by atoms with Crippen molar-refractivity contribution in [3.8, 4) is 5.75 Å². The van der Waals surface area contributed by atoms with Gasteiger partial charge in [0, 0.05) is 20.1 Å². The Hall–Kier alpha value is -4.17. The molecular weight excluding hydrogens is 454 g/mol. The molecule has 1 amide bonds. The summed E-state index contributed by atoms with van der Waals surface area (Å²) in [5, 5.41) is 19.9. The van der Waals surface area contributed by atoms with Crippen LogP contribution in [0.25, 0.3) is 0 Å². The highest BCUT2D eigenvalue weighted by molar-refractivity contribution is 6.13. The molecule has 0 saturated carbocycles. The number of rotatable bonds is 11. The quantitative estimate of drug-likeness (QED) is 0.160. The average molecular weight is 488 g/mol. The number of phenols is 1. The lowest BCUT2D eigenvalue weighted by atomic mass is 9.76. The molecule has 8 heteroatoms. The van der Waals surface area contributed by atoms with Gasteiger partial charge < -0.3 is 26.8 Å². The lowest BCUT2D eigenvalue weighted by Crippen LogP contribution is -2.61. The number of guanidine groups is 1. The van der Waals surface area contributed by atoms with Crippen LogP contribution in [-0.2, 0) is 16.1 Å². The minimum Gasteiger partial charge on any atom is -0.508 e. The molecular formula is C28H33N5O3. The monoisotopic (exact) mass is 487 g/mol. The van der Waals surface area contributed by atoms with Crippen LogP contribution < -0.4 is 16.8 Å². The fourth-order valence-corrected chi connectivity index (χ4v) is 4.06. The van der Waals surface area contributed by atoms with E-state index in [1.807, 2.05) is 60.7 Å². The Morgan fingerprint density at radius 2 is 1.50 bits per heavy atom. The van der Waals surface area contributed by atoms with E-state index in [1.165, 1.54) is 17.0 Å². The van der Waals surface area contributed by atoms with Crippen molar-refractivity contribution >= 4 is 17.6 Å². The number of amides is 1. The number of hydrogen-bond acceptors (Lipinski definition) is 5. The highest BCUT2D eigenvalue weighted by atomic mass is 16.3. The topological polar surface area (TPSA) is 146 Å². The van der Waals surface area contributed by atoms with Crippen LogP contribution in [0.3, 0.4) is 0 Å². The summed E-state index contributed by atoms with van der Waals surface area (Å²) in [5.41, 5.74) is 12.7. The van der Waals surface area contributed by atoms with Crippen molar-refractivity contribution in [1.29, 1.82) is 5.41 Å². The van der Waals surface area contributed by atoms with Crippen molar-refractivity contribution < 1.29 is 14.7 Å². The van der Waals surface area contributed by atoms with Crippen LogP contribution in [0.15, 0.2) is 84.9 Å². The lowest BCUT2D eigenvalue weighted by molar-refractivity contribution is -0.137. The summed E-state index contributed by atoms with van der Waals surface area (Å²) in [5.74, 6) is -1.71. The van der Waals surface area contributed by atoms with Crippen molar-refractivity contribution in [2.75, 3.05) is 13.6 Å². The number of carbonyl (C=O) groups is 2. The summed E-state index contributed by atoms with van der Waals surface area (Å²) in [4.78, 5) is 29.2. The Balaban J connectivity index is 1.93. The first-order chi connectivity index (χ1) is 17.2. The fraction of sp³-hybridized carbons (Fsp3) is 0.250. The Bertz CT molecular complexity index is 1130. The summed E-state index contributed by atoms with van der Waals surface area (Å²) in [6.07, 6.45) is 0.447. The van der Waals surface area contributed by atoms with Crippen LogP contribution >= 0.6 is 0 Å². The Morgan fingerprint density at radius 1 is 0.972 bits per heavy atom. The Labute approximate surface area is 211 Å². The van der Waals surface area contributed by atoms with Crippen LogP contribution in [0.1, 0.15) is 35.4 Å². The second-order valence-corrected chi connectivity index (χ2v) is 8.85. The molecule has 0 heterocycles. The zero-order valence-corrected chi connectivity index (χ0v) is 20.4. The molecule has 36 heavy (non-hydrogen) atoms. The van der Waals surface area contributed by atoms with E-state index >= 15 is 0 Å². The van der Waals surface area contributed by atoms with Gasteiger partial charge in [0.2, 0.25) is 5.91 Å². The maximum Gasteiger partial charge on any atom is 0.248 e. The lowest BCUT2D eigenvalue weighted by Gasteiger charge is -2.32. The molecule has 3 aromatic rings. The van der Waals surface area contributed by atoms with Gasteiger partial charge in [0.05, 0.1) is 5.92 Å². The Kier molecular flexibility index (Phi) is 8.81. The molecule has 7 N–H and O–H groups in total. The predicted octanol–water partition coefficient (Wildman–Crippen LogP) is 2.71. The first-order valence-corrected chi connectivity index (χ1v) is 11.8. The summed E-state index contributed by atoms with van der Waals surface area (Å²) in [6.45, 7) is 0.522. The van der Waals surface area contributed by atoms with Crippen molar-refractivity contribution in [2.45, 2.75) is 30.8 Å². The molecule has 0 radical (unpaired) electrons. The SMILES string of the molecule is CN(CCC[C@](N)(C(=O)NCc1ccc(O)cc1)C(=O)C(c1ccccc1)c1ccccc1)C(=N)N. The van der Waals surface area contributed by atoms with Crippen LogP contribution in [0, 0.1) is 5.41 Å². The number of benzene rings is 3. The maximum absolute atomic E-state index is 14.2. The van der Waals surface area contributed by atoms with E-state index in [0.717, 1.165) is 16.7 Å². The maximum atomic E-state index is 14.2. The van der Waals surface area contributed by atoms with Gasteiger partial charge in [-0.1, -0.05) is 72.8 Å². The molecule has 8 nitrogen and oxygen atoms in total. The summed E-state index contributed by atoms with van der Waals surface area (Å²) < 4.78 is 0. The number of nitrogens with one attached hydrogen (secondary N) is 2. The molecule has 1 atom stereocenters. The van der Waals surface area contributed by atoms with E-state index in [4.69, 9.17) is 16.9 Å². The minimum atomic E-state index is -1.83. The molecule has 0 bridgehead atoms. The molecule has 3 aromatic carbocycles. The van der Waals surface area contributed by atoms with E-state index < -0.39 is 23.1 Å². The number of nitrogens with zero attached hydrogens (tertiary/aromatic N) is 1. The zero-order valence-electron chi connectivity index (χ0n) is 20.4. The molecule has 3 rings (SSSR count). The number of ketones is 1. The highest BCUT2D eigenvalue weighted by Crippen LogP contribution is 2.31. The molecule has 0 aromatic heterocycles. The summed E-state index contributed by atoms with van der Waals surface area (Å²) in [6, 6.07) is 25.0. The van der Waals surface area contributed by atoms with Crippen molar-refractivity contribution in [1.82, 2.24) is 10.2 Å². The van der Waals surface area contributed by atoms with E-state index in [9.17, 15) is 14.7 Å². The number of phenolic OH excluding ortho intramolecular Hbond substituents is 1.